The van der Waals surface area contributed by atoms with Crippen molar-refractivity contribution in [1.82, 2.24) is 14.4 Å². The average molecular weight is 305 g/mol. The molecular weight excluding hydrogens is 293 g/mol. The number of carbonyl (C=O) groups is 1. The molecule has 108 valence electrons. The molecule has 7 heteroatoms. The molecule has 2 heterocycles. The van der Waals surface area contributed by atoms with E-state index in [1.54, 1.807) is 29.1 Å². The first-order chi connectivity index (χ1) is 10.1. The van der Waals surface area contributed by atoms with Crippen LogP contribution in [0.5, 0.6) is 0 Å². The molecule has 2 aromatic heterocycles. The van der Waals surface area contributed by atoms with Gasteiger partial charge in [0.1, 0.15) is 22.7 Å². The lowest BCUT2D eigenvalue weighted by atomic mass is 10.1. The lowest BCUT2D eigenvalue weighted by molar-refractivity contribution is -0.0760. The fraction of sp³-hybridized carbons (Fsp3) is 0.143. The molecule has 5 nitrogen and oxygen atoms in total. The summed E-state index contributed by atoms with van der Waals surface area (Å²) in [6, 6.07) is 6.04. The predicted octanol–water partition coefficient (Wildman–Crippen LogP) is 2.84. The largest absolute Gasteiger partial charge is 0.295 e. The molecule has 0 saturated carbocycles. The third-order valence-corrected chi connectivity index (χ3v) is 4.28. The summed E-state index contributed by atoms with van der Waals surface area (Å²) >= 11 is 1.42. The van der Waals surface area contributed by atoms with E-state index in [1.165, 1.54) is 37.6 Å². The molecule has 0 radical (unpaired) electrons. The molecule has 0 atom stereocenters. The van der Waals surface area contributed by atoms with Gasteiger partial charge in [0.05, 0.1) is 18.2 Å². The minimum absolute atomic E-state index is 0.291. The molecule has 1 aromatic carbocycles. The van der Waals surface area contributed by atoms with Gasteiger partial charge in [-0.2, -0.15) is 0 Å². The van der Waals surface area contributed by atoms with E-state index in [0.29, 0.717) is 5.69 Å². The molecular formula is C14H12FN3O2S. The molecule has 21 heavy (non-hydrogen) atoms. The van der Waals surface area contributed by atoms with Gasteiger partial charge in [0.15, 0.2) is 0 Å². The number of thiazole rings is 1. The number of fused-ring (bicyclic) bond motifs is 1. The highest BCUT2D eigenvalue weighted by atomic mass is 32.1. The summed E-state index contributed by atoms with van der Waals surface area (Å²) in [5.74, 6) is -0.605. The highest BCUT2D eigenvalue weighted by molar-refractivity contribution is 7.21. The SMILES string of the molecule is CON(C)C(=O)c1c(-c2ccc(F)cc2)sc2cncn12. The van der Waals surface area contributed by atoms with Gasteiger partial charge in [-0.25, -0.2) is 14.4 Å². The van der Waals surface area contributed by atoms with Crippen molar-refractivity contribution >= 4 is 22.1 Å². The van der Waals surface area contributed by atoms with Crippen LogP contribution in [0.2, 0.25) is 0 Å². The number of hydroxylamine groups is 2. The number of imidazole rings is 1. The first kappa shape index (κ1) is 13.7. The van der Waals surface area contributed by atoms with Gasteiger partial charge in [0, 0.05) is 7.05 Å². The molecule has 0 aliphatic carbocycles. The van der Waals surface area contributed by atoms with E-state index in [1.807, 2.05) is 0 Å². The van der Waals surface area contributed by atoms with Gasteiger partial charge < -0.3 is 0 Å². The minimum atomic E-state index is -0.314. The standard InChI is InChI=1S/C14H12FN3O2S/c1-17(20-2)14(19)12-13(9-3-5-10(15)6-4-9)21-11-7-16-8-18(11)12/h3-8H,1-2H3. The Morgan fingerprint density at radius 2 is 2.10 bits per heavy atom. The molecule has 0 unspecified atom stereocenters. The van der Waals surface area contributed by atoms with Gasteiger partial charge in [0.25, 0.3) is 5.91 Å². The minimum Gasteiger partial charge on any atom is -0.284 e. The van der Waals surface area contributed by atoms with Gasteiger partial charge in [-0.1, -0.05) is 12.1 Å². The van der Waals surface area contributed by atoms with Crippen LogP contribution in [0.4, 0.5) is 4.39 Å². The normalized spacial score (nSPS) is 11.0. The monoisotopic (exact) mass is 305 g/mol. The van der Waals surface area contributed by atoms with Gasteiger partial charge in [-0.15, -0.1) is 11.3 Å². The van der Waals surface area contributed by atoms with Crippen molar-refractivity contribution in [1.29, 1.82) is 0 Å². The lowest BCUT2D eigenvalue weighted by Crippen LogP contribution is -2.26. The Hall–Kier alpha value is -2.25. The second-order valence-electron chi connectivity index (χ2n) is 4.37. The first-order valence-electron chi connectivity index (χ1n) is 6.14. The zero-order chi connectivity index (χ0) is 15.0. The van der Waals surface area contributed by atoms with E-state index in [9.17, 15) is 9.18 Å². The summed E-state index contributed by atoms with van der Waals surface area (Å²) in [5.41, 5.74) is 1.22. The molecule has 0 N–H and O–H groups in total. The summed E-state index contributed by atoms with van der Waals surface area (Å²) < 4.78 is 14.8. The fourth-order valence-corrected chi connectivity index (χ4v) is 3.11. The zero-order valence-electron chi connectivity index (χ0n) is 11.4. The van der Waals surface area contributed by atoms with Crippen LogP contribution in [0.1, 0.15) is 10.5 Å². The highest BCUT2D eigenvalue weighted by Gasteiger charge is 2.23. The van der Waals surface area contributed by atoms with Crippen molar-refractivity contribution in [3.05, 3.63) is 48.3 Å². The predicted molar refractivity (Wildman–Crippen MR) is 77.6 cm³/mol. The smallest absolute Gasteiger partial charge is 0.284 e. The lowest BCUT2D eigenvalue weighted by Gasteiger charge is -2.14. The van der Waals surface area contributed by atoms with E-state index in [4.69, 9.17) is 4.84 Å². The topological polar surface area (TPSA) is 46.8 Å². The summed E-state index contributed by atoms with van der Waals surface area (Å²) in [6.07, 6.45) is 3.26. The van der Waals surface area contributed by atoms with E-state index in [2.05, 4.69) is 4.98 Å². The average Bonchev–Trinajstić information content (AvgIpc) is 3.07. The number of aromatic nitrogens is 2. The Morgan fingerprint density at radius 3 is 2.76 bits per heavy atom. The molecule has 0 saturated heterocycles. The molecule has 3 rings (SSSR count). The van der Waals surface area contributed by atoms with Gasteiger partial charge in [-0.05, 0) is 17.7 Å². The van der Waals surface area contributed by atoms with Gasteiger partial charge >= 0.3 is 0 Å². The third-order valence-electron chi connectivity index (χ3n) is 3.14. The molecule has 0 fully saturated rings. The Bertz CT molecular complexity index is 794. The van der Waals surface area contributed by atoms with E-state index in [-0.39, 0.29) is 11.7 Å². The maximum atomic E-state index is 13.1. The summed E-state index contributed by atoms with van der Waals surface area (Å²) in [5, 5.41) is 1.15. The number of benzene rings is 1. The number of rotatable bonds is 3. The van der Waals surface area contributed by atoms with Crippen LogP contribution in [0.15, 0.2) is 36.8 Å². The second-order valence-corrected chi connectivity index (χ2v) is 5.40. The Morgan fingerprint density at radius 1 is 1.38 bits per heavy atom. The summed E-state index contributed by atoms with van der Waals surface area (Å²) in [4.78, 5) is 23.1. The Balaban J connectivity index is 2.20. The number of carbonyl (C=O) groups excluding carboxylic acids is 1. The Kier molecular flexibility index (Phi) is 3.44. The van der Waals surface area contributed by atoms with Crippen molar-refractivity contribution in [3.63, 3.8) is 0 Å². The van der Waals surface area contributed by atoms with Crippen molar-refractivity contribution in [3.8, 4) is 10.4 Å². The van der Waals surface area contributed by atoms with Crippen molar-refractivity contribution in [2.45, 2.75) is 0 Å². The number of halogens is 1. The van der Waals surface area contributed by atoms with Crippen LogP contribution in [-0.2, 0) is 4.84 Å². The zero-order valence-corrected chi connectivity index (χ0v) is 12.2. The van der Waals surface area contributed by atoms with E-state index >= 15 is 0 Å². The summed E-state index contributed by atoms with van der Waals surface area (Å²) in [6.45, 7) is 0. The van der Waals surface area contributed by atoms with Crippen molar-refractivity contribution in [2.24, 2.45) is 0 Å². The molecule has 3 aromatic rings. The first-order valence-corrected chi connectivity index (χ1v) is 6.96. The maximum absolute atomic E-state index is 13.1. The van der Waals surface area contributed by atoms with E-state index < -0.39 is 0 Å². The highest BCUT2D eigenvalue weighted by Crippen LogP contribution is 2.34. The molecule has 0 aliphatic rings. The third kappa shape index (κ3) is 2.30. The quantitative estimate of drug-likeness (QED) is 0.699. The van der Waals surface area contributed by atoms with Crippen LogP contribution in [0, 0.1) is 5.82 Å². The molecule has 0 aliphatic heterocycles. The number of hydrogen-bond donors (Lipinski definition) is 0. The van der Waals surface area contributed by atoms with Crippen molar-refractivity contribution < 1.29 is 14.0 Å². The van der Waals surface area contributed by atoms with Crippen LogP contribution in [0.3, 0.4) is 0 Å². The molecule has 0 bridgehead atoms. The number of amides is 1. The van der Waals surface area contributed by atoms with Crippen LogP contribution in [-0.4, -0.2) is 34.5 Å². The fourth-order valence-electron chi connectivity index (χ4n) is 2.02. The second kappa shape index (κ2) is 5.27. The molecule has 1 amide bonds. The van der Waals surface area contributed by atoms with E-state index in [0.717, 1.165) is 20.3 Å². The maximum Gasteiger partial charge on any atom is 0.295 e. The van der Waals surface area contributed by atoms with Crippen LogP contribution in [0.25, 0.3) is 15.3 Å². The molecule has 0 spiro atoms. The van der Waals surface area contributed by atoms with Crippen LogP contribution >= 0.6 is 11.3 Å². The Labute approximate surface area is 124 Å². The van der Waals surface area contributed by atoms with Crippen LogP contribution < -0.4 is 0 Å². The number of nitrogens with zero attached hydrogens (tertiary/aromatic N) is 3. The van der Waals surface area contributed by atoms with Gasteiger partial charge in [0.2, 0.25) is 0 Å². The van der Waals surface area contributed by atoms with Gasteiger partial charge in [-0.3, -0.25) is 14.0 Å². The number of hydrogen-bond acceptors (Lipinski definition) is 4. The van der Waals surface area contributed by atoms with Crippen molar-refractivity contribution in [2.75, 3.05) is 14.2 Å². The summed E-state index contributed by atoms with van der Waals surface area (Å²) in [7, 11) is 2.96.